The van der Waals surface area contributed by atoms with E-state index in [9.17, 15) is 19.2 Å². The van der Waals surface area contributed by atoms with Crippen LogP contribution in [0.2, 0.25) is 0 Å². The van der Waals surface area contributed by atoms with Crippen molar-refractivity contribution in [3.63, 3.8) is 0 Å². The zero-order valence-corrected chi connectivity index (χ0v) is 24.2. The summed E-state index contributed by atoms with van der Waals surface area (Å²) >= 11 is 0. The Morgan fingerprint density at radius 1 is 0.585 bits per heavy atom. The van der Waals surface area contributed by atoms with Gasteiger partial charge < -0.3 is 18.9 Å². The minimum atomic E-state index is -1.31. The summed E-state index contributed by atoms with van der Waals surface area (Å²) in [5.74, 6) is -1.68. The normalized spacial score (nSPS) is 13.1. The smallest absolute Gasteiger partial charge is 0.340 e. The number of carbonyl (C=O) groups excluding carboxylic acids is 4. The molecule has 8 heteroatoms. The average molecular weight is 561 g/mol. The highest BCUT2D eigenvalue weighted by molar-refractivity contribution is 6.03. The van der Waals surface area contributed by atoms with E-state index in [0.29, 0.717) is 16.7 Å². The first kappa shape index (κ1) is 31.4. The molecule has 0 bridgehead atoms. The first-order valence-corrected chi connectivity index (χ1v) is 13.3. The van der Waals surface area contributed by atoms with Crippen molar-refractivity contribution in [3.8, 4) is 0 Å². The molecule has 0 N–H and O–H groups in total. The van der Waals surface area contributed by atoms with Gasteiger partial charge in [-0.2, -0.15) is 0 Å². The molecule has 3 aromatic rings. The maximum absolute atomic E-state index is 13.1. The Morgan fingerprint density at radius 2 is 1.00 bits per heavy atom. The quantitative estimate of drug-likeness (QED) is 0.140. The molecule has 0 saturated heterocycles. The number of ketones is 2. The van der Waals surface area contributed by atoms with Gasteiger partial charge in [0.1, 0.15) is 17.8 Å². The lowest BCUT2D eigenvalue weighted by Crippen LogP contribution is -2.39. The fraction of sp³-hybridized carbons (Fsp3) is 0.333. The van der Waals surface area contributed by atoms with Gasteiger partial charge in [0.05, 0.1) is 17.2 Å². The van der Waals surface area contributed by atoms with Gasteiger partial charge in [0.25, 0.3) is 0 Å². The number of esters is 2. The number of Topliss-reactive ketones (excluding diaryl/α,β-unsaturated/α-hetero) is 2. The molecule has 0 aromatic heterocycles. The second-order valence-corrected chi connectivity index (χ2v) is 10.6. The van der Waals surface area contributed by atoms with Crippen LogP contribution in [0.3, 0.4) is 0 Å². The Balaban J connectivity index is 1.52. The highest BCUT2D eigenvalue weighted by Gasteiger charge is 2.34. The molecule has 0 aliphatic rings. The standard InChI is InChI=1S/C33H36O8/c1-22(40-32(3,4)28(34)24-13-9-7-10-14-24)21-38-30(36)27-19-17-25(18-20-27)29(35)33(5,6)41-23(2)39-31(37)26-15-11-8-12-16-26/h7-20,22-23H,21H2,1-6H3. The van der Waals surface area contributed by atoms with E-state index in [1.807, 2.05) is 6.07 Å². The molecular weight excluding hydrogens is 524 g/mol. The molecule has 0 saturated carbocycles. The van der Waals surface area contributed by atoms with Crippen LogP contribution in [-0.4, -0.2) is 53.7 Å². The summed E-state index contributed by atoms with van der Waals surface area (Å²) in [7, 11) is 0. The number of ether oxygens (including phenoxy) is 4. The first-order valence-electron chi connectivity index (χ1n) is 13.3. The molecule has 2 unspecified atom stereocenters. The molecule has 0 heterocycles. The topological polar surface area (TPSA) is 105 Å². The minimum absolute atomic E-state index is 0.0640. The van der Waals surface area contributed by atoms with E-state index in [4.69, 9.17) is 18.9 Å². The summed E-state index contributed by atoms with van der Waals surface area (Å²) < 4.78 is 22.3. The summed E-state index contributed by atoms with van der Waals surface area (Å²) in [5, 5.41) is 0. The van der Waals surface area contributed by atoms with Crippen LogP contribution in [0.1, 0.15) is 83.0 Å². The maximum Gasteiger partial charge on any atom is 0.340 e. The van der Waals surface area contributed by atoms with E-state index < -0.39 is 35.5 Å². The Hall–Kier alpha value is -4.14. The lowest BCUT2D eigenvalue weighted by Gasteiger charge is -2.28. The average Bonchev–Trinajstić information content (AvgIpc) is 2.95. The summed E-state index contributed by atoms with van der Waals surface area (Å²) in [6, 6.07) is 23.3. The van der Waals surface area contributed by atoms with Crippen LogP contribution >= 0.6 is 0 Å². The monoisotopic (exact) mass is 560 g/mol. The van der Waals surface area contributed by atoms with Gasteiger partial charge in [0, 0.05) is 11.1 Å². The number of carbonyl (C=O) groups is 4. The Bertz CT molecular complexity index is 1340. The Labute approximate surface area is 240 Å². The molecule has 0 fully saturated rings. The summed E-state index contributed by atoms with van der Waals surface area (Å²) in [6.45, 7) is 9.70. The van der Waals surface area contributed by atoms with Crippen molar-refractivity contribution in [2.24, 2.45) is 0 Å². The molecule has 0 aliphatic carbocycles. The summed E-state index contributed by atoms with van der Waals surface area (Å²) in [5.41, 5.74) is -0.952. The van der Waals surface area contributed by atoms with E-state index in [1.165, 1.54) is 24.3 Å². The van der Waals surface area contributed by atoms with Crippen LogP contribution < -0.4 is 0 Å². The van der Waals surface area contributed by atoms with Crippen molar-refractivity contribution in [2.45, 2.75) is 65.1 Å². The molecule has 0 amide bonds. The van der Waals surface area contributed by atoms with Gasteiger partial charge in [-0.05, 0) is 65.8 Å². The summed E-state index contributed by atoms with van der Waals surface area (Å²) in [6.07, 6.45) is -1.52. The highest BCUT2D eigenvalue weighted by Crippen LogP contribution is 2.22. The molecule has 0 radical (unpaired) electrons. The van der Waals surface area contributed by atoms with Gasteiger partial charge >= 0.3 is 11.9 Å². The predicted molar refractivity (Wildman–Crippen MR) is 153 cm³/mol. The van der Waals surface area contributed by atoms with E-state index in [1.54, 1.807) is 96.1 Å². The number of benzene rings is 3. The van der Waals surface area contributed by atoms with Gasteiger partial charge in [-0.15, -0.1) is 0 Å². The molecule has 216 valence electrons. The predicted octanol–water partition coefficient (Wildman–Crippen LogP) is 6.09. The van der Waals surface area contributed by atoms with Crippen LogP contribution in [0.15, 0.2) is 84.9 Å². The zero-order valence-electron chi connectivity index (χ0n) is 24.2. The third-order valence-corrected chi connectivity index (χ3v) is 6.20. The van der Waals surface area contributed by atoms with E-state index in [-0.39, 0.29) is 23.7 Å². The molecule has 8 nitrogen and oxygen atoms in total. The van der Waals surface area contributed by atoms with Crippen molar-refractivity contribution in [2.75, 3.05) is 6.61 Å². The number of hydrogen-bond acceptors (Lipinski definition) is 8. The molecule has 0 aliphatic heterocycles. The van der Waals surface area contributed by atoms with Gasteiger partial charge in [-0.25, -0.2) is 9.59 Å². The first-order chi connectivity index (χ1) is 19.3. The SMILES string of the molecule is CC(COC(=O)c1ccc(C(=O)C(C)(C)OC(C)OC(=O)c2ccccc2)cc1)OC(C)(C)C(=O)c1ccccc1. The lowest BCUT2D eigenvalue weighted by atomic mass is 9.95. The minimum Gasteiger partial charge on any atom is -0.459 e. The van der Waals surface area contributed by atoms with Crippen molar-refractivity contribution < 1.29 is 38.1 Å². The van der Waals surface area contributed by atoms with Crippen LogP contribution in [0, 0.1) is 0 Å². The molecule has 2 atom stereocenters. The molecular formula is C33H36O8. The van der Waals surface area contributed by atoms with Gasteiger partial charge in [-0.3, -0.25) is 9.59 Å². The fourth-order valence-corrected chi connectivity index (χ4v) is 4.19. The molecule has 41 heavy (non-hydrogen) atoms. The molecule has 3 aromatic carbocycles. The van der Waals surface area contributed by atoms with E-state index >= 15 is 0 Å². The van der Waals surface area contributed by atoms with Crippen molar-refractivity contribution >= 4 is 23.5 Å². The second kappa shape index (κ2) is 13.5. The second-order valence-electron chi connectivity index (χ2n) is 10.6. The van der Waals surface area contributed by atoms with Crippen LogP contribution in [-0.2, 0) is 18.9 Å². The van der Waals surface area contributed by atoms with Gasteiger partial charge in [0.15, 0.2) is 11.6 Å². The molecule has 3 rings (SSSR count). The third kappa shape index (κ3) is 8.67. The van der Waals surface area contributed by atoms with Crippen LogP contribution in [0.25, 0.3) is 0 Å². The van der Waals surface area contributed by atoms with Crippen molar-refractivity contribution in [3.05, 3.63) is 107 Å². The molecule has 0 spiro atoms. The lowest BCUT2D eigenvalue weighted by molar-refractivity contribution is -0.148. The maximum atomic E-state index is 13.1. The number of hydrogen-bond donors (Lipinski definition) is 0. The van der Waals surface area contributed by atoms with E-state index in [0.717, 1.165) is 0 Å². The highest BCUT2D eigenvalue weighted by atomic mass is 16.7. The third-order valence-electron chi connectivity index (χ3n) is 6.20. The van der Waals surface area contributed by atoms with Crippen molar-refractivity contribution in [1.29, 1.82) is 0 Å². The van der Waals surface area contributed by atoms with Crippen molar-refractivity contribution in [1.82, 2.24) is 0 Å². The van der Waals surface area contributed by atoms with E-state index in [2.05, 4.69) is 0 Å². The summed E-state index contributed by atoms with van der Waals surface area (Å²) in [4.78, 5) is 50.8. The van der Waals surface area contributed by atoms with Crippen LogP contribution in [0.5, 0.6) is 0 Å². The Morgan fingerprint density at radius 3 is 1.54 bits per heavy atom. The van der Waals surface area contributed by atoms with Gasteiger partial charge in [0.2, 0.25) is 6.29 Å². The Kier molecular flexibility index (Phi) is 10.3. The number of rotatable bonds is 13. The van der Waals surface area contributed by atoms with Gasteiger partial charge in [-0.1, -0.05) is 60.7 Å². The van der Waals surface area contributed by atoms with Crippen LogP contribution in [0.4, 0.5) is 0 Å². The zero-order chi connectivity index (χ0) is 30.2. The fourth-order valence-electron chi connectivity index (χ4n) is 4.19. The largest absolute Gasteiger partial charge is 0.459 e.